The molecule has 0 atom stereocenters. The van der Waals surface area contributed by atoms with E-state index in [1.807, 2.05) is 20.2 Å². The van der Waals surface area contributed by atoms with Gasteiger partial charge in [-0.15, -0.1) is 0 Å². The number of piperidine rings is 1. The molecule has 1 aliphatic heterocycles. The molecule has 1 aromatic carbocycles. The van der Waals surface area contributed by atoms with Gasteiger partial charge >= 0.3 is 0 Å². The molecular formula is C26H36N4O5S. The van der Waals surface area contributed by atoms with E-state index in [4.69, 9.17) is 9.72 Å². The summed E-state index contributed by atoms with van der Waals surface area (Å²) < 4.78 is 36.3. The van der Waals surface area contributed by atoms with E-state index in [0.29, 0.717) is 60.2 Å². The van der Waals surface area contributed by atoms with Gasteiger partial charge in [-0.3, -0.25) is 4.79 Å². The number of aliphatic hydroxyl groups is 1. The van der Waals surface area contributed by atoms with Crippen LogP contribution in [0.3, 0.4) is 0 Å². The van der Waals surface area contributed by atoms with Crippen molar-refractivity contribution in [1.82, 2.24) is 18.8 Å². The maximum absolute atomic E-state index is 13.5. The largest absolute Gasteiger partial charge is 0.493 e. The Morgan fingerprint density at radius 1 is 1.19 bits per heavy atom. The highest BCUT2D eigenvalue weighted by molar-refractivity contribution is 7.89. The van der Waals surface area contributed by atoms with Crippen molar-refractivity contribution in [2.45, 2.75) is 57.3 Å². The number of aromatic amines is 1. The van der Waals surface area contributed by atoms with Gasteiger partial charge in [-0.25, -0.2) is 13.4 Å². The van der Waals surface area contributed by atoms with E-state index < -0.39 is 10.0 Å². The molecule has 0 bridgehead atoms. The number of ether oxygens (including phenoxy) is 1. The summed E-state index contributed by atoms with van der Waals surface area (Å²) in [7, 11) is -1.92. The minimum absolute atomic E-state index is 0.122. The Labute approximate surface area is 212 Å². The summed E-state index contributed by atoms with van der Waals surface area (Å²) in [6, 6.07) is 4.77. The number of aromatic nitrogens is 3. The standard InChI is InChI=1S/C26H36N4O5S/c1-4-6-19-17-29(3)24-23(19)27-25(28-26(24)32)21-16-20(7-8-22(21)35-15-5-2)36(33,34)30-12-9-18(10-13-30)11-14-31/h7-8,16-18,31H,4-6,9-15H2,1-3H3,(H,27,28,32). The second kappa shape index (κ2) is 11.1. The van der Waals surface area contributed by atoms with Crippen LogP contribution in [0.5, 0.6) is 5.75 Å². The van der Waals surface area contributed by atoms with Gasteiger partial charge in [0, 0.05) is 32.9 Å². The fourth-order valence-electron chi connectivity index (χ4n) is 4.92. The monoisotopic (exact) mass is 516 g/mol. The van der Waals surface area contributed by atoms with Crippen LogP contribution in [-0.4, -0.2) is 58.7 Å². The summed E-state index contributed by atoms with van der Waals surface area (Å²) >= 11 is 0. The molecule has 0 unspecified atom stereocenters. The third-order valence-electron chi connectivity index (χ3n) is 6.84. The Morgan fingerprint density at radius 2 is 1.94 bits per heavy atom. The Balaban J connectivity index is 1.78. The number of hydrogen-bond donors (Lipinski definition) is 2. The number of aryl methyl sites for hydroxylation is 2. The summed E-state index contributed by atoms with van der Waals surface area (Å²) in [5.74, 6) is 1.11. The van der Waals surface area contributed by atoms with Gasteiger partial charge in [0.1, 0.15) is 17.1 Å². The Hall–Kier alpha value is -2.69. The number of fused-ring (bicyclic) bond motifs is 1. The predicted molar refractivity (Wildman–Crippen MR) is 140 cm³/mol. The zero-order valence-corrected chi connectivity index (χ0v) is 22.1. The topological polar surface area (TPSA) is 118 Å². The molecule has 0 amide bonds. The van der Waals surface area contributed by atoms with E-state index in [2.05, 4.69) is 11.9 Å². The summed E-state index contributed by atoms with van der Waals surface area (Å²) in [5, 5.41) is 9.21. The Kier molecular flexibility index (Phi) is 8.17. The first-order valence-corrected chi connectivity index (χ1v) is 14.2. The molecule has 1 fully saturated rings. The molecule has 10 heteroatoms. The number of hydrogen-bond acceptors (Lipinski definition) is 6. The van der Waals surface area contributed by atoms with Gasteiger partial charge in [-0.05, 0) is 61.8 Å². The molecule has 3 aromatic rings. The molecule has 196 valence electrons. The van der Waals surface area contributed by atoms with Crippen LogP contribution in [0.2, 0.25) is 0 Å². The van der Waals surface area contributed by atoms with Crippen molar-refractivity contribution in [2.24, 2.45) is 13.0 Å². The molecule has 4 rings (SSSR count). The van der Waals surface area contributed by atoms with Gasteiger partial charge < -0.3 is 19.4 Å². The number of nitrogens with zero attached hydrogens (tertiary/aromatic N) is 3. The molecule has 36 heavy (non-hydrogen) atoms. The summed E-state index contributed by atoms with van der Waals surface area (Å²) in [4.78, 5) is 20.8. The van der Waals surface area contributed by atoms with Crippen molar-refractivity contribution in [2.75, 3.05) is 26.3 Å². The highest BCUT2D eigenvalue weighted by atomic mass is 32.2. The number of H-pyrrole nitrogens is 1. The lowest BCUT2D eigenvalue weighted by atomic mass is 9.95. The van der Waals surface area contributed by atoms with Gasteiger partial charge in [0.05, 0.1) is 22.6 Å². The zero-order chi connectivity index (χ0) is 25.9. The van der Waals surface area contributed by atoms with Crippen molar-refractivity contribution >= 4 is 21.1 Å². The number of rotatable bonds is 10. The van der Waals surface area contributed by atoms with Crippen LogP contribution >= 0.6 is 0 Å². The molecule has 1 saturated heterocycles. The van der Waals surface area contributed by atoms with Crippen molar-refractivity contribution in [3.05, 3.63) is 40.3 Å². The average molecular weight is 517 g/mol. The minimum atomic E-state index is -3.74. The smallest absolute Gasteiger partial charge is 0.275 e. The molecule has 0 spiro atoms. The van der Waals surface area contributed by atoms with Crippen molar-refractivity contribution in [3.8, 4) is 17.1 Å². The normalized spacial score (nSPS) is 15.6. The third-order valence-corrected chi connectivity index (χ3v) is 8.73. The predicted octanol–water partition coefficient (Wildman–Crippen LogP) is 3.45. The van der Waals surface area contributed by atoms with Crippen LogP contribution < -0.4 is 10.3 Å². The first kappa shape index (κ1) is 26.4. The molecular weight excluding hydrogens is 480 g/mol. The molecule has 0 aliphatic carbocycles. The lowest BCUT2D eigenvalue weighted by molar-refractivity contribution is 0.208. The van der Waals surface area contributed by atoms with E-state index in [0.717, 1.165) is 37.7 Å². The van der Waals surface area contributed by atoms with Crippen LogP contribution in [0, 0.1) is 5.92 Å². The molecule has 2 aromatic heterocycles. The SMILES string of the molecule is CCCOc1ccc(S(=O)(=O)N2CCC(CCO)CC2)cc1-c1nc2c(CCC)cn(C)c2c(=O)[nH]1. The van der Waals surface area contributed by atoms with Crippen LogP contribution in [0.4, 0.5) is 0 Å². The Morgan fingerprint density at radius 3 is 2.61 bits per heavy atom. The minimum Gasteiger partial charge on any atom is -0.493 e. The van der Waals surface area contributed by atoms with E-state index in [-0.39, 0.29) is 17.1 Å². The second-order valence-electron chi connectivity index (χ2n) is 9.49. The van der Waals surface area contributed by atoms with E-state index >= 15 is 0 Å². The highest BCUT2D eigenvalue weighted by Gasteiger charge is 2.30. The van der Waals surface area contributed by atoms with Gasteiger partial charge in [0.25, 0.3) is 5.56 Å². The quantitative estimate of drug-likeness (QED) is 0.426. The van der Waals surface area contributed by atoms with Crippen molar-refractivity contribution in [1.29, 1.82) is 0 Å². The summed E-state index contributed by atoms with van der Waals surface area (Å²) in [6.07, 6.45) is 6.56. The fourth-order valence-corrected chi connectivity index (χ4v) is 6.42. The van der Waals surface area contributed by atoms with Crippen LogP contribution in [0.15, 0.2) is 34.1 Å². The molecule has 9 nitrogen and oxygen atoms in total. The average Bonchev–Trinajstić information content (AvgIpc) is 3.18. The first-order chi connectivity index (χ1) is 17.3. The fraction of sp³-hybridized carbons (Fsp3) is 0.538. The summed E-state index contributed by atoms with van der Waals surface area (Å²) in [5.41, 5.74) is 2.27. The van der Waals surface area contributed by atoms with E-state index in [1.54, 1.807) is 22.8 Å². The number of benzene rings is 1. The van der Waals surface area contributed by atoms with Crippen molar-refractivity contribution < 1.29 is 18.3 Å². The zero-order valence-electron chi connectivity index (χ0n) is 21.3. The van der Waals surface area contributed by atoms with Gasteiger partial charge in [0.15, 0.2) is 0 Å². The second-order valence-corrected chi connectivity index (χ2v) is 11.4. The van der Waals surface area contributed by atoms with Gasteiger partial charge in [0.2, 0.25) is 10.0 Å². The van der Waals surface area contributed by atoms with Crippen LogP contribution in [0.25, 0.3) is 22.4 Å². The molecule has 0 saturated carbocycles. The third kappa shape index (κ3) is 5.21. The maximum atomic E-state index is 13.5. The van der Waals surface area contributed by atoms with Crippen molar-refractivity contribution in [3.63, 3.8) is 0 Å². The molecule has 2 N–H and O–H groups in total. The van der Waals surface area contributed by atoms with Crippen LogP contribution in [-0.2, 0) is 23.5 Å². The van der Waals surface area contributed by atoms with Crippen LogP contribution in [0.1, 0.15) is 51.5 Å². The maximum Gasteiger partial charge on any atom is 0.275 e. The number of nitrogens with one attached hydrogen (secondary N) is 1. The highest BCUT2D eigenvalue weighted by Crippen LogP contribution is 2.33. The molecule has 3 heterocycles. The van der Waals surface area contributed by atoms with E-state index in [9.17, 15) is 18.3 Å². The van der Waals surface area contributed by atoms with Gasteiger partial charge in [-0.1, -0.05) is 20.3 Å². The first-order valence-electron chi connectivity index (χ1n) is 12.8. The van der Waals surface area contributed by atoms with Gasteiger partial charge in [-0.2, -0.15) is 4.31 Å². The summed E-state index contributed by atoms with van der Waals surface area (Å²) in [6.45, 7) is 5.48. The lowest BCUT2D eigenvalue weighted by Gasteiger charge is -2.31. The number of aliphatic hydroxyl groups excluding tert-OH is 1. The lowest BCUT2D eigenvalue weighted by Crippen LogP contribution is -2.38. The molecule has 1 aliphatic rings. The van der Waals surface area contributed by atoms with E-state index in [1.165, 1.54) is 4.31 Å². The number of sulfonamides is 1. The molecule has 0 radical (unpaired) electrons. The Bertz CT molecular complexity index is 1370.